The summed E-state index contributed by atoms with van der Waals surface area (Å²) < 4.78 is 5.11. The van der Waals surface area contributed by atoms with E-state index >= 15 is 0 Å². The molecule has 0 fully saturated rings. The Bertz CT molecular complexity index is 799. The van der Waals surface area contributed by atoms with Crippen molar-refractivity contribution in [3.63, 3.8) is 0 Å². The fourth-order valence-corrected chi connectivity index (χ4v) is 3.66. The minimum atomic E-state index is -1.04. The number of carboxylic acids is 1. The lowest BCUT2D eigenvalue weighted by Crippen LogP contribution is -2.41. The van der Waals surface area contributed by atoms with Crippen LogP contribution in [0.3, 0.4) is 0 Å². The number of thioether (sulfide) groups is 1. The maximum Gasteiger partial charge on any atom is 0.327 e. The van der Waals surface area contributed by atoms with Crippen LogP contribution in [-0.4, -0.2) is 34.5 Å². The summed E-state index contributed by atoms with van der Waals surface area (Å²) in [6.45, 7) is 8.52. The molecule has 0 spiro atoms. The van der Waals surface area contributed by atoms with Gasteiger partial charge in [-0.3, -0.25) is 4.79 Å². The molecule has 6 heteroatoms. The van der Waals surface area contributed by atoms with E-state index in [0.717, 1.165) is 31.4 Å². The van der Waals surface area contributed by atoms with E-state index in [1.165, 1.54) is 46.9 Å². The van der Waals surface area contributed by atoms with Crippen LogP contribution in [0, 0.1) is 0 Å². The van der Waals surface area contributed by atoms with E-state index < -0.39 is 17.9 Å². The third-order valence-corrected chi connectivity index (χ3v) is 5.49. The molecule has 1 amide bonds. The van der Waals surface area contributed by atoms with Crippen molar-refractivity contribution in [2.45, 2.75) is 59.4 Å². The first-order valence-electron chi connectivity index (χ1n) is 10.5. The summed E-state index contributed by atoms with van der Waals surface area (Å²) in [7, 11) is 0. The molecule has 0 saturated carbocycles. The van der Waals surface area contributed by atoms with E-state index in [-0.39, 0.29) is 0 Å². The number of hydrogen-bond acceptors (Lipinski definition) is 4. The molecule has 2 N–H and O–H groups in total. The van der Waals surface area contributed by atoms with Crippen LogP contribution in [0.2, 0.25) is 0 Å². The van der Waals surface area contributed by atoms with Gasteiger partial charge in [0.25, 0.3) is 0 Å². The van der Waals surface area contributed by atoms with E-state index in [1.54, 1.807) is 12.1 Å². The van der Waals surface area contributed by atoms with Gasteiger partial charge in [0.2, 0.25) is 5.91 Å². The van der Waals surface area contributed by atoms with Crippen LogP contribution in [0.1, 0.15) is 59.1 Å². The van der Waals surface area contributed by atoms with Crippen molar-refractivity contribution in [3.05, 3.63) is 65.2 Å². The van der Waals surface area contributed by atoms with Gasteiger partial charge in [-0.2, -0.15) is 11.8 Å². The maximum atomic E-state index is 11.9. The summed E-state index contributed by atoms with van der Waals surface area (Å²) in [5.41, 5.74) is 4.07. The minimum Gasteiger partial charge on any atom is -0.480 e. The van der Waals surface area contributed by atoms with E-state index in [9.17, 15) is 14.7 Å². The second kappa shape index (κ2) is 15.3. The predicted molar refractivity (Wildman–Crippen MR) is 130 cm³/mol. The Balaban J connectivity index is 2.33. The van der Waals surface area contributed by atoms with Crippen molar-refractivity contribution in [2.24, 2.45) is 0 Å². The summed E-state index contributed by atoms with van der Waals surface area (Å²) in [5, 5.41) is 11.9. The Morgan fingerprint density at radius 3 is 2.39 bits per heavy atom. The van der Waals surface area contributed by atoms with Gasteiger partial charge in [-0.25, -0.2) is 4.79 Å². The summed E-state index contributed by atoms with van der Waals surface area (Å²) in [6, 6.07) is 2.50. The Morgan fingerprint density at radius 2 is 1.77 bits per heavy atom. The second-order valence-electron chi connectivity index (χ2n) is 7.75. The zero-order chi connectivity index (χ0) is 23.1. The van der Waals surface area contributed by atoms with Crippen LogP contribution >= 0.6 is 11.8 Å². The third kappa shape index (κ3) is 13.4. The molecule has 31 heavy (non-hydrogen) atoms. The fraction of sp³-hybridized carbons (Fsp3) is 0.440. The lowest BCUT2D eigenvalue weighted by Gasteiger charge is -2.12. The first-order chi connectivity index (χ1) is 14.8. The average Bonchev–Trinajstić information content (AvgIpc) is 3.22. The highest BCUT2D eigenvalue weighted by Gasteiger charge is 2.18. The van der Waals surface area contributed by atoms with Gasteiger partial charge in [-0.05, 0) is 71.6 Å². The SMILES string of the molecule is CC(C)=CCC/C(C)=C/CC/C(C)=C/CSC[C@H](NC(=O)/C=C/c1ccco1)C(=O)O. The molecule has 0 aliphatic carbocycles. The summed E-state index contributed by atoms with van der Waals surface area (Å²) in [6.07, 6.45) is 15.2. The normalized spacial score (nSPS) is 13.3. The quantitative estimate of drug-likeness (QED) is 0.208. The number of carboxylic acid groups (broad SMARTS) is 1. The zero-order valence-corrected chi connectivity index (χ0v) is 19.8. The molecule has 1 atom stereocenters. The largest absolute Gasteiger partial charge is 0.480 e. The fourth-order valence-electron chi connectivity index (χ4n) is 2.66. The van der Waals surface area contributed by atoms with Crippen molar-refractivity contribution in [3.8, 4) is 0 Å². The van der Waals surface area contributed by atoms with Crippen LogP contribution in [0.5, 0.6) is 0 Å². The van der Waals surface area contributed by atoms with Crippen LogP contribution in [0.15, 0.2) is 63.8 Å². The Kier molecular flexibility index (Phi) is 13.2. The average molecular weight is 446 g/mol. The van der Waals surface area contributed by atoms with Crippen LogP contribution < -0.4 is 5.32 Å². The van der Waals surface area contributed by atoms with Crippen LogP contribution in [-0.2, 0) is 9.59 Å². The Hall–Kier alpha value is -2.47. The maximum absolute atomic E-state index is 11.9. The smallest absolute Gasteiger partial charge is 0.327 e. The molecule has 1 aromatic rings. The molecule has 1 aromatic heterocycles. The van der Waals surface area contributed by atoms with Gasteiger partial charge in [-0.15, -0.1) is 0 Å². The molecule has 0 aromatic carbocycles. The van der Waals surface area contributed by atoms with Gasteiger partial charge in [0.15, 0.2) is 0 Å². The number of furan rings is 1. The molecule has 5 nitrogen and oxygen atoms in total. The predicted octanol–water partition coefficient (Wildman–Crippen LogP) is 6.01. The molecule has 0 unspecified atom stereocenters. The third-order valence-electron chi connectivity index (χ3n) is 4.51. The van der Waals surface area contributed by atoms with Gasteiger partial charge in [0.05, 0.1) is 6.26 Å². The first-order valence-corrected chi connectivity index (χ1v) is 11.7. The highest BCUT2D eigenvalue weighted by atomic mass is 32.2. The molecule has 170 valence electrons. The number of allylic oxidation sites excluding steroid dienone is 5. The number of aliphatic carboxylic acids is 1. The Labute approximate surface area is 190 Å². The molecule has 0 aliphatic rings. The van der Waals surface area contributed by atoms with Crippen molar-refractivity contribution < 1.29 is 19.1 Å². The summed E-state index contributed by atoms with van der Waals surface area (Å²) in [5.74, 6) is 0.0688. The highest BCUT2D eigenvalue weighted by Crippen LogP contribution is 2.13. The number of hydrogen-bond donors (Lipinski definition) is 2. The molecule has 0 radical (unpaired) electrons. The van der Waals surface area contributed by atoms with Crippen molar-refractivity contribution in [2.75, 3.05) is 11.5 Å². The molecule has 0 aliphatic heterocycles. The minimum absolute atomic E-state index is 0.308. The highest BCUT2D eigenvalue weighted by molar-refractivity contribution is 7.99. The van der Waals surface area contributed by atoms with E-state index in [0.29, 0.717) is 11.5 Å². The van der Waals surface area contributed by atoms with Crippen molar-refractivity contribution in [1.82, 2.24) is 5.32 Å². The van der Waals surface area contributed by atoms with Gasteiger partial charge in [0.1, 0.15) is 11.8 Å². The zero-order valence-electron chi connectivity index (χ0n) is 19.0. The number of amides is 1. The molecule has 1 heterocycles. The van der Waals surface area contributed by atoms with Crippen LogP contribution in [0.25, 0.3) is 6.08 Å². The summed E-state index contributed by atoms with van der Waals surface area (Å²) in [4.78, 5) is 23.4. The van der Waals surface area contributed by atoms with E-state index in [4.69, 9.17) is 4.42 Å². The van der Waals surface area contributed by atoms with Gasteiger partial charge in [-0.1, -0.05) is 34.9 Å². The van der Waals surface area contributed by atoms with Crippen molar-refractivity contribution >= 4 is 29.7 Å². The molecule has 0 bridgehead atoms. The summed E-state index contributed by atoms with van der Waals surface area (Å²) >= 11 is 1.49. The van der Waals surface area contributed by atoms with Gasteiger partial charge >= 0.3 is 5.97 Å². The number of nitrogens with one attached hydrogen (secondary N) is 1. The monoisotopic (exact) mass is 445 g/mol. The van der Waals surface area contributed by atoms with Gasteiger partial charge < -0.3 is 14.8 Å². The topological polar surface area (TPSA) is 79.5 Å². The van der Waals surface area contributed by atoms with E-state index in [2.05, 4.69) is 51.2 Å². The van der Waals surface area contributed by atoms with E-state index in [1.807, 2.05) is 0 Å². The lowest BCUT2D eigenvalue weighted by atomic mass is 10.1. The number of carbonyl (C=O) groups excluding carboxylic acids is 1. The molecule has 0 saturated heterocycles. The number of carbonyl (C=O) groups is 2. The lowest BCUT2D eigenvalue weighted by molar-refractivity contribution is -0.140. The first kappa shape index (κ1) is 26.6. The number of rotatable bonds is 14. The standard InChI is InChI=1S/C25H35NO4S/c1-19(2)8-5-9-20(3)10-6-11-21(4)15-17-31-18-23(25(28)29)26-24(27)14-13-22-12-7-16-30-22/h7-8,10,12-16,23H,5-6,9,11,17-18H2,1-4H3,(H,26,27)(H,28,29)/b14-13+,20-10+,21-15+/t23-/m0/s1. The molecule has 1 rings (SSSR count). The molecular weight excluding hydrogens is 410 g/mol. The Morgan fingerprint density at radius 1 is 1.10 bits per heavy atom. The molecular formula is C25H35NO4S. The second-order valence-corrected chi connectivity index (χ2v) is 8.82. The van der Waals surface area contributed by atoms with Crippen molar-refractivity contribution in [1.29, 1.82) is 0 Å². The van der Waals surface area contributed by atoms with Gasteiger partial charge in [0, 0.05) is 17.6 Å². The van der Waals surface area contributed by atoms with Crippen LogP contribution in [0.4, 0.5) is 0 Å².